The molecule has 0 saturated heterocycles. The first kappa shape index (κ1) is 23.2. The predicted molar refractivity (Wildman–Crippen MR) is 110 cm³/mol. The molecule has 0 heterocycles. The lowest BCUT2D eigenvalue weighted by Gasteiger charge is -2.02. The highest BCUT2D eigenvalue weighted by Crippen LogP contribution is 2.15. The van der Waals surface area contributed by atoms with Crippen LogP contribution in [0.4, 0.5) is 0 Å². The van der Waals surface area contributed by atoms with E-state index in [-0.39, 0.29) is 7.43 Å². The smallest absolute Gasteiger partial charge is 0.0204 e. The fourth-order valence-electron chi connectivity index (χ4n) is 2.10. The van der Waals surface area contributed by atoms with Gasteiger partial charge in [-0.2, -0.15) is 0 Å². The van der Waals surface area contributed by atoms with Crippen LogP contribution in [-0.4, -0.2) is 0 Å². The Hall–Kier alpha value is -2.08. The SMILES string of the molecule is C.C=C(C)c1ccccc1C.C=C(C)c1ccccc1C.CC. The van der Waals surface area contributed by atoms with Crippen LogP contribution in [0, 0.1) is 13.8 Å². The minimum Gasteiger partial charge on any atom is -0.0955 e. The maximum atomic E-state index is 3.89. The minimum absolute atomic E-state index is 0. The second-order valence-corrected chi connectivity index (χ2v) is 5.19. The zero-order valence-corrected chi connectivity index (χ0v) is 15.0. The van der Waals surface area contributed by atoms with E-state index in [4.69, 9.17) is 0 Å². The van der Waals surface area contributed by atoms with Crippen molar-refractivity contribution in [3.05, 3.63) is 83.9 Å². The zero-order valence-electron chi connectivity index (χ0n) is 15.0. The summed E-state index contributed by atoms with van der Waals surface area (Å²) in [6, 6.07) is 16.6. The quantitative estimate of drug-likeness (QED) is 0.532. The molecule has 0 unspecified atom stereocenters. The van der Waals surface area contributed by atoms with Gasteiger partial charge in [0.15, 0.2) is 0 Å². The van der Waals surface area contributed by atoms with E-state index in [1.165, 1.54) is 22.3 Å². The van der Waals surface area contributed by atoms with Crippen molar-refractivity contribution >= 4 is 11.1 Å². The molecule has 0 saturated carbocycles. The van der Waals surface area contributed by atoms with Crippen LogP contribution in [0.15, 0.2) is 61.7 Å². The summed E-state index contributed by atoms with van der Waals surface area (Å²) in [5.41, 5.74) is 7.41. The number of rotatable bonds is 2. The van der Waals surface area contributed by atoms with Gasteiger partial charge in [0.25, 0.3) is 0 Å². The molecule has 0 nitrogen and oxygen atoms in total. The van der Waals surface area contributed by atoms with Crippen LogP contribution in [0.3, 0.4) is 0 Å². The van der Waals surface area contributed by atoms with E-state index in [1.54, 1.807) is 0 Å². The molecule has 0 aromatic heterocycles. The lowest BCUT2D eigenvalue weighted by atomic mass is 10.0. The summed E-state index contributed by atoms with van der Waals surface area (Å²) in [7, 11) is 0. The van der Waals surface area contributed by atoms with Crippen LogP contribution in [0.5, 0.6) is 0 Å². The van der Waals surface area contributed by atoms with E-state index in [0.717, 1.165) is 11.1 Å². The second-order valence-electron chi connectivity index (χ2n) is 5.19. The van der Waals surface area contributed by atoms with Gasteiger partial charge in [-0.3, -0.25) is 0 Å². The highest BCUT2D eigenvalue weighted by Gasteiger charge is 1.94. The number of hydrogen-bond donors (Lipinski definition) is 0. The van der Waals surface area contributed by atoms with Crippen LogP contribution < -0.4 is 0 Å². The highest BCUT2D eigenvalue weighted by atomic mass is 14.0. The number of aryl methyl sites for hydroxylation is 2. The fourth-order valence-corrected chi connectivity index (χ4v) is 2.10. The summed E-state index contributed by atoms with van der Waals surface area (Å²) in [4.78, 5) is 0. The molecule has 0 aliphatic heterocycles. The topological polar surface area (TPSA) is 0 Å². The highest BCUT2D eigenvalue weighted by molar-refractivity contribution is 5.64. The van der Waals surface area contributed by atoms with Gasteiger partial charge in [-0.15, -0.1) is 0 Å². The Kier molecular flexibility index (Phi) is 12.6. The van der Waals surface area contributed by atoms with Crippen molar-refractivity contribution in [3.8, 4) is 0 Å². The largest absolute Gasteiger partial charge is 0.0955 e. The van der Waals surface area contributed by atoms with Crippen molar-refractivity contribution in [1.82, 2.24) is 0 Å². The Morgan fingerprint density at radius 2 is 0.913 bits per heavy atom. The van der Waals surface area contributed by atoms with Gasteiger partial charge in [-0.1, -0.05) is 94.1 Å². The first-order valence-corrected chi connectivity index (χ1v) is 7.86. The Bertz CT molecular complexity index is 547. The van der Waals surface area contributed by atoms with Crippen molar-refractivity contribution in [1.29, 1.82) is 0 Å². The molecule has 23 heavy (non-hydrogen) atoms. The third kappa shape index (κ3) is 8.21. The van der Waals surface area contributed by atoms with Gasteiger partial charge in [0.2, 0.25) is 0 Å². The van der Waals surface area contributed by atoms with Crippen LogP contribution in [0.2, 0.25) is 0 Å². The number of allylic oxidation sites excluding steroid dienone is 2. The van der Waals surface area contributed by atoms with Gasteiger partial charge in [0.1, 0.15) is 0 Å². The van der Waals surface area contributed by atoms with Gasteiger partial charge in [0.05, 0.1) is 0 Å². The Balaban J connectivity index is 0. The average molecular weight is 311 g/mol. The van der Waals surface area contributed by atoms with Crippen LogP contribution in [0.25, 0.3) is 11.1 Å². The molecular formula is C23H34. The molecule has 0 aliphatic carbocycles. The fraction of sp³-hybridized carbons (Fsp3) is 0.304. The molecule has 0 radical (unpaired) electrons. The second kappa shape index (κ2) is 12.5. The summed E-state index contributed by atoms with van der Waals surface area (Å²) in [5.74, 6) is 0. The molecule has 0 heteroatoms. The predicted octanol–water partition coefficient (Wildman–Crippen LogP) is 7.72. The molecule has 126 valence electrons. The molecule has 2 rings (SSSR count). The third-order valence-corrected chi connectivity index (χ3v) is 3.21. The van der Waals surface area contributed by atoms with Crippen molar-refractivity contribution in [2.45, 2.75) is 49.0 Å². The van der Waals surface area contributed by atoms with E-state index in [0.29, 0.717) is 0 Å². The third-order valence-electron chi connectivity index (χ3n) is 3.21. The molecule has 0 N–H and O–H groups in total. The lowest BCUT2D eigenvalue weighted by Crippen LogP contribution is -1.81. The van der Waals surface area contributed by atoms with Gasteiger partial charge in [-0.25, -0.2) is 0 Å². The summed E-state index contributed by atoms with van der Waals surface area (Å²) in [5, 5.41) is 0. The molecule has 0 bridgehead atoms. The molecule has 2 aromatic carbocycles. The standard InChI is InChI=1S/2C10H12.C2H6.CH4/c2*1-8(2)10-7-5-4-6-9(10)3;1-2;/h2*4-7H,1H2,2-3H3;1-2H3;1H4. The van der Waals surface area contributed by atoms with Gasteiger partial charge < -0.3 is 0 Å². The van der Waals surface area contributed by atoms with Crippen molar-refractivity contribution in [2.24, 2.45) is 0 Å². The maximum Gasteiger partial charge on any atom is -0.0204 e. The van der Waals surface area contributed by atoms with Crippen molar-refractivity contribution < 1.29 is 0 Å². The first-order chi connectivity index (χ1) is 10.4. The summed E-state index contributed by atoms with van der Waals surface area (Å²) < 4.78 is 0. The Morgan fingerprint density at radius 3 is 1.09 bits per heavy atom. The maximum absolute atomic E-state index is 3.89. The average Bonchev–Trinajstić information content (AvgIpc) is 2.50. The molecule has 0 amide bonds. The van der Waals surface area contributed by atoms with Crippen LogP contribution >= 0.6 is 0 Å². The molecule has 0 atom stereocenters. The monoisotopic (exact) mass is 310 g/mol. The van der Waals surface area contributed by atoms with E-state index >= 15 is 0 Å². The molecule has 0 spiro atoms. The van der Waals surface area contributed by atoms with Gasteiger partial charge in [0, 0.05) is 0 Å². The molecular weight excluding hydrogens is 276 g/mol. The van der Waals surface area contributed by atoms with Gasteiger partial charge >= 0.3 is 0 Å². The van der Waals surface area contributed by atoms with Crippen molar-refractivity contribution in [3.63, 3.8) is 0 Å². The van der Waals surface area contributed by atoms with E-state index in [2.05, 4.69) is 51.3 Å². The van der Waals surface area contributed by atoms with E-state index in [1.807, 2.05) is 52.0 Å². The normalized spacial score (nSPS) is 8.43. The van der Waals surface area contributed by atoms with Crippen LogP contribution in [0.1, 0.15) is 57.4 Å². The molecule has 2 aromatic rings. The molecule has 0 aliphatic rings. The first-order valence-electron chi connectivity index (χ1n) is 7.86. The number of hydrogen-bond acceptors (Lipinski definition) is 0. The van der Waals surface area contributed by atoms with E-state index < -0.39 is 0 Å². The Labute approximate surface area is 144 Å². The number of benzene rings is 2. The summed E-state index contributed by atoms with van der Waals surface area (Å²) >= 11 is 0. The lowest BCUT2D eigenvalue weighted by molar-refractivity contribution is 1.41. The van der Waals surface area contributed by atoms with Gasteiger partial charge in [-0.05, 0) is 49.9 Å². The van der Waals surface area contributed by atoms with Crippen LogP contribution in [-0.2, 0) is 0 Å². The van der Waals surface area contributed by atoms with E-state index in [9.17, 15) is 0 Å². The molecule has 0 fully saturated rings. The Morgan fingerprint density at radius 1 is 0.652 bits per heavy atom. The summed E-state index contributed by atoms with van der Waals surface area (Å²) in [6.45, 7) is 20.0. The van der Waals surface area contributed by atoms with Crippen molar-refractivity contribution in [2.75, 3.05) is 0 Å². The summed E-state index contributed by atoms with van der Waals surface area (Å²) in [6.07, 6.45) is 0. The minimum atomic E-state index is 0. The zero-order chi connectivity index (χ0) is 17.1.